The molecule has 6 nitrogen and oxygen atoms in total. The van der Waals surface area contributed by atoms with Crippen molar-refractivity contribution < 1.29 is 9.59 Å². The van der Waals surface area contributed by atoms with Crippen molar-refractivity contribution in [3.05, 3.63) is 42.2 Å². The molecule has 1 atom stereocenters. The van der Waals surface area contributed by atoms with Crippen molar-refractivity contribution in [1.29, 1.82) is 0 Å². The van der Waals surface area contributed by atoms with Crippen LogP contribution in [0.25, 0.3) is 0 Å². The maximum absolute atomic E-state index is 12.3. The summed E-state index contributed by atoms with van der Waals surface area (Å²) in [6, 6.07) is 7.75. The van der Waals surface area contributed by atoms with Gasteiger partial charge in [-0.25, -0.2) is 0 Å². The maximum atomic E-state index is 12.3. The molecule has 2 aromatic rings. The second kappa shape index (κ2) is 5.63. The lowest BCUT2D eigenvalue weighted by atomic mass is 10.1. The number of aromatic nitrogens is 2. The van der Waals surface area contributed by atoms with E-state index in [0.29, 0.717) is 12.2 Å². The molecule has 1 N–H and O–H groups in total. The van der Waals surface area contributed by atoms with E-state index in [2.05, 4.69) is 10.4 Å². The molecule has 0 bridgehead atoms. The van der Waals surface area contributed by atoms with Crippen LogP contribution in [0.3, 0.4) is 0 Å². The Labute approximate surface area is 128 Å². The highest BCUT2D eigenvalue weighted by molar-refractivity contribution is 6.03. The Morgan fingerprint density at radius 3 is 2.68 bits per heavy atom. The first-order chi connectivity index (χ1) is 10.5. The number of carbonyl (C=O) groups is 2. The number of nitrogens with one attached hydrogen (secondary N) is 1. The van der Waals surface area contributed by atoms with Crippen LogP contribution in [0, 0.1) is 12.8 Å². The molecule has 1 aromatic carbocycles. The summed E-state index contributed by atoms with van der Waals surface area (Å²) >= 11 is 0. The second-order valence-electron chi connectivity index (χ2n) is 5.63. The van der Waals surface area contributed by atoms with E-state index in [0.717, 1.165) is 11.3 Å². The highest BCUT2D eigenvalue weighted by Crippen LogP contribution is 2.26. The third-order valence-corrected chi connectivity index (χ3v) is 3.81. The van der Waals surface area contributed by atoms with Crippen LogP contribution in [-0.4, -0.2) is 28.1 Å². The van der Waals surface area contributed by atoms with Crippen LogP contribution < -0.4 is 10.2 Å². The molecule has 22 heavy (non-hydrogen) atoms. The van der Waals surface area contributed by atoms with Crippen molar-refractivity contribution in [3.8, 4) is 0 Å². The molecule has 0 saturated carbocycles. The molecule has 0 radical (unpaired) electrons. The molecule has 6 heteroatoms. The number of anilines is 2. The Hall–Kier alpha value is -2.63. The molecule has 1 aromatic heterocycles. The van der Waals surface area contributed by atoms with Crippen LogP contribution in [0.15, 0.2) is 36.7 Å². The highest BCUT2D eigenvalue weighted by atomic mass is 16.2. The van der Waals surface area contributed by atoms with E-state index in [1.807, 2.05) is 31.2 Å². The Kier molecular flexibility index (Phi) is 3.66. The minimum atomic E-state index is -0.339. The summed E-state index contributed by atoms with van der Waals surface area (Å²) in [6.45, 7) is 2.41. The van der Waals surface area contributed by atoms with Gasteiger partial charge in [-0.2, -0.15) is 5.10 Å². The topological polar surface area (TPSA) is 67.2 Å². The predicted octanol–water partition coefficient (Wildman–Crippen LogP) is 1.72. The zero-order valence-electron chi connectivity index (χ0n) is 12.6. The number of benzene rings is 1. The summed E-state index contributed by atoms with van der Waals surface area (Å²) in [6.07, 6.45) is 3.55. The number of amides is 2. The van der Waals surface area contributed by atoms with E-state index in [9.17, 15) is 9.59 Å². The van der Waals surface area contributed by atoms with Gasteiger partial charge in [0, 0.05) is 31.9 Å². The van der Waals surface area contributed by atoms with E-state index in [1.165, 1.54) is 0 Å². The summed E-state index contributed by atoms with van der Waals surface area (Å²) in [5.74, 6) is -0.500. The van der Waals surface area contributed by atoms with Gasteiger partial charge in [0.05, 0.1) is 17.8 Å². The minimum Gasteiger partial charge on any atom is -0.323 e. The summed E-state index contributed by atoms with van der Waals surface area (Å²) < 4.78 is 1.62. The van der Waals surface area contributed by atoms with Gasteiger partial charge in [0.2, 0.25) is 11.8 Å². The largest absolute Gasteiger partial charge is 0.323 e. The summed E-state index contributed by atoms with van der Waals surface area (Å²) in [7, 11) is 1.79. The standard InChI is InChI=1S/C16H18N4O2/c1-11-3-5-14(6-4-11)20-9-12(7-15(20)21)16(22)18-13-8-17-19(2)10-13/h3-6,8,10,12H,7,9H2,1-2H3,(H,18,22). The van der Waals surface area contributed by atoms with Crippen LogP contribution in [0.1, 0.15) is 12.0 Å². The van der Waals surface area contributed by atoms with Gasteiger partial charge in [-0.3, -0.25) is 14.3 Å². The fraction of sp³-hybridized carbons (Fsp3) is 0.312. The predicted molar refractivity (Wildman–Crippen MR) is 83.5 cm³/mol. The molecule has 2 amide bonds. The molecule has 1 aliphatic heterocycles. The van der Waals surface area contributed by atoms with Gasteiger partial charge in [0.25, 0.3) is 0 Å². The molecule has 0 aliphatic carbocycles. The molecule has 2 heterocycles. The Bertz CT molecular complexity index is 705. The lowest BCUT2D eigenvalue weighted by Gasteiger charge is -2.16. The van der Waals surface area contributed by atoms with Gasteiger partial charge in [-0.1, -0.05) is 17.7 Å². The van der Waals surface area contributed by atoms with Crippen molar-refractivity contribution in [2.24, 2.45) is 13.0 Å². The van der Waals surface area contributed by atoms with Crippen LogP contribution in [0.4, 0.5) is 11.4 Å². The number of hydrogen-bond acceptors (Lipinski definition) is 3. The average Bonchev–Trinajstić information content (AvgIpc) is 3.06. The van der Waals surface area contributed by atoms with E-state index < -0.39 is 0 Å². The Morgan fingerprint density at radius 2 is 2.05 bits per heavy atom. The van der Waals surface area contributed by atoms with Crippen LogP contribution in [0.2, 0.25) is 0 Å². The van der Waals surface area contributed by atoms with E-state index in [4.69, 9.17) is 0 Å². The maximum Gasteiger partial charge on any atom is 0.229 e. The van der Waals surface area contributed by atoms with Crippen molar-refractivity contribution in [2.75, 3.05) is 16.8 Å². The molecule has 1 aliphatic rings. The molecule has 3 rings (SSSR count). The van der Waals surface area contributed by atoms with Gasteiger partial charge in [0.1, 0.15) is 0 Å². The van der Waals surface area contributed by atoms with Crippen molar-refractivity contribution >= 4 is 23.2 Å². The third-order valence-electron chi connectivity index (χ3n) is 3.81. The fourth-order valence-corrected chi connectivity index (χ4v) is 2.59. The first-order valence-corrected chi connectivity index (χ1v) is 7.19. The molecule has 114 valence electrons. The fourth-order valence-electron chi connectivity index (χ4n) is 2.59. The van der Waals surface area contributed by atoms with Gasteiger partial charge in [-0.15, -0.1) is 0 Å². The normalized spacial score (nSPS) is 17.8. The number of aryl methyl sites for hydroxylation is 2. The third kappa shape index (κ3) is 2.86. The molecule has 1 fully saturated rings. The number of rotatable bonds is 3. The van der Waals surface area contributed by atoms with Crippen molar-refractivity contribution in [1.82, 2.24) is 9.78 Å². The molecule has 0 spiro atoms. The quantitative estimate of drug-likeness (QED) is 0.938. The molecular weight excluding hydrogens is 280 g/mol. The summed E-state index contributed by atoms with van der Waals surface area (Å²) in [5, 5.41) is 6.81. The van der Waals surface area contributed by atoms with Crippen LogP contribution >= 0.6 is 0 Å². The van der Waals surface area contributed by atoms with Gasteiger partial charge < -0.3 is 10.2 Å². The Balaban J connectivity index is 1.68. The zero-order valence-corrected chi connectivity index (χ0v) is 12.6. The van der Waals surface area contributed by atoms with Gasteiger partial charge in [0.15, 0.2) is 0 Å². The first-order valence-electron chi connectivity index (χ1n) is 7.19. The SMILES string of the molecule is Cc1ccc(N2CC(C(=O)Nc3cnn(C)c3)CC2=O)cc1. The minimum absolute atomic E-state index is 0.0183. The van der Waals surface area contributed by atoms with Gasteiger partial charge >= 0.3 is 0 Å². The summed E-state index contributed by atoms with van der Waals surface area (Å²) in [5.41, 5.74) is 2.63. The first kappa shape index (κ1) is 14.3. The summed E-state index contributed by atoms with van der Waals surface area (Å²) in [4.78, 5) is 26.1. The molecule has 1 unspecified atom stereocenters. The van der Waals surface area contributed by atoms with E-state index in [1.54, 1.807) is 29.0 Å². The lowest BCUT2D eigenvalue weighted by Crippen LogP contribution is -2.28. The monoisotopic (exact) mass is 298 g/mol. The lowest BCUT2D eigenvalue weighted by molar-refractivity contribution is -0.122. The number of carbonyl (C=O) groups excluding carboxylic acids is 2. The number of nitrogens with zero attached hydrogens (tertiary/aromatic N) is 3. The van der Waals surface area contributed by atoms with Crippen molar-refractivity contribution in [2.45, 2.75) is 13.3 Å². The van der Waals surface area contributed by atoms with Crippen molar-refractivity contribution in [3.63, 3.8) is 0 Å². The number of hydrogen-bond donors (Lipinski definition) is 1. The molecular formula is C16H18N4O2. The van der Waals surface area contributed by atoms with E-state index in [-0.39, 0.29) is 24.2 Å². The zero-order chi connectivity index (χ0) is 15.7. The smallest absolute Gasteiger partial charge is 0.229 e. The van der Waals surface area contributed by atoms with Gasteiger partial charge in [-0.05, 0) is 19.1 Å². The van der Waals surface area contributed by atoms with Crippen LogP contribution in [0.5, 0.6) is 0 Å². The van der Waals surface area contributed by atoms with Crippen LogP contribution in [-0.2, 0) is 16.6 Å². The highest BCUT2D eigenvalue weighted by Gasteiger charge is 2.35. The molecule has 1 saturated heterocycles. The second-order valence-corrected chi connectivity index (χ2v) is 5.63. The van der Waals surface area contributed by atoms with E-state index >= 15 is 0 Å². The average molecular weight is 298 g/mol. The Morgan fingerprint density at radius 1 is 1.32 bits per heavy atom.